The normalized spacial score (nSPS) is 12.4. The van der Waals surface area contributed by atoms with Crippen LogP contribution >= 0.6 is 11.6 Å². The van der Waals surface area contributed by atoms with Crippen molar-refractivity contribution in [3.63, 3.8) is 0 Å². The van der Waals surface area contributed by atoms with Crippen molar-refractivity contribution < 1.29 is 14.1 Å². The predicted octanol–water partition coefficient (Wildman–Crippen LogP) is 1.98. The van der Waals surface area contributed by atoms with Gasteiger partial charge < -0.3 is 5.11 Å². The van der Waals surface area contributed by atoms with E-state index in [1.54, 1.807) is 12.1 Å². The second-order valence-electron chi connectivity index (χ2n) is 3.21. The minimum Gasteiger partial charge on any atom is -0.481 e. The molecule has 1 atom stereocenters. The van der Waals surface area contributed by atoms with E-state index in [1.807, 2.05) is 13.0 Å². The lowest BCUT2D eigenvalue weighted by Gasteiger charge is -2.03. The predicted molar refractivity (Wildman–Crippen MR) is 60.5 cm³/mol. The molecular weight excluding hydrogens is 236 g/mol. The first-order valence-electron chi connectivity index (χ1n) is 4.31. The zero-order valence-corrected chi connectivity index (χ0v) is 9.77. The number of halogens is 1. The van der Waals surface area contributed by atoms with E-state index in [2.05, 4.69) is 0 Å². The molecule has 0 spiro atoms. The van der Waals surface area contributed by atoms with E-state index >= 15 is 0 Å². The highest BCUT2D eigenvalue weighted by atomic mass is 35.5. The monoisotopic (exact) mass is 246 g/mol. The summed E-state index contributed by atoms with van der Waals surface area (Å²) in [6.07, 6.45) is 0. The Balaban J connectivity index is 2.69. The van der Waals surface area contributed by atoms with Gasteiger partial charge in [0, 0.05) is 21.6 Å². The van der Waals surface area contributed by atoms with Crippen molar-refractivity contribution in [2.24, 2.45) is 0 Å². The fraction of sp³-hybridized carbons (Fsp3) is 0.300. The van der Waals surface area contributed by atoms with Gasteiger partial charge in [0.15, 0.2) is 0 Å². The summed E-state index contributed by atoms with van der Waals surface area (Å²) < 4.78 is 11.3. The number of carboxylic acid groups (broad SMARTS) is 1. The van der Waals surface area contributed by atoms with Gasteiger partial charge in [0.25, 0.3) is 0 Å². The molecule has 0 saturated heterocycles. The molecule has 1 N–H and O–H groups in total. The quantitative estimate of drug-likeness (QED) is 0.884. The maximum atomic E-state index is 11.3. The van der Waals surface area contributed by atoms with Crippen LogP contribution in [-0.2, 0) is 21.3 Å². The highest BCUT2D eigenvalue weighted by molar-refractivity contribution is 7.84. The fourth-order valence-corrected chi connectivity index (χ4v) is 2.22. The van der Waals surface area contributed by atoms with Crippen LogP contribution in [0.3, 0.4) is 0 Å². The highest BCUT2D eigenvalue weighted by Gasteiger charge is 2.07. The summed E-state index contributed by atoms with van der Waals surface area (Å²) in [4.78, 5) is 10.3. The van der Waals surface area contributed by atoms with Crippen LogP contribution in [0.5, 0.6) is 0 Å². The molecule has 3 nitrogen and oxygen atoms in total. The number of carbonyl (C=O) groups is 1. The van der Waals surface area contributed by atoms with Crippen LogP contribution in [0.4, 0.5) is 0 Å². The Morgan fingerprint density at radius 3 is 2.73 bits per heavy atom. The van der Waals surface area contributed by atoms with E-state index in [9.17, 15) is 9.00 Å². The second kappa shape index (κ2) is 5.28. The van der Waals surface area contributed by atoms with Crippen LogP contribution in [0.25, 0.3) is 0 Å². The highest BCUT2D eigenvalue weighted by Crippen LogP contribution is 2.17. The molecular formula is C10H11ClO3S. The molecule has 5 heteroatoms. The zero-order valence-electron chi connectivity index (χ0n) is 8.20. The van der Waals surface area contributed by atoms with Gasteiger partial charge >= 0.3 is 5.97 Å². The first-order chi connectivity index (χ1) is 6.99. The van der Waals surface area contributed by atoms with Gasteiger partial charge in [-0.3, -0.25) is 9.00 Å². The smallest absolute Gasteiger partial charge is 0.316 e. The van der Waals surface area contributed by atoms with Gasteiger partial charge in [0.2, 0.25) is 0 Å². The second-order valence-corrected chi connectivity index (χ2v) is 5.07. The number of carboxylic acids is 1. The summed E-state index contributed by atoms with van der Waals surface area (Å²) in [6, 6.07) is 5.31. The summed E-state index contributed by atoms with van der Waals surface area (Å²) in [7, 11) is -1.36. The minimum absolute atomic E-state index is 0.254. The van der Waals surface area contributed by atoms with Gasteiger partial charge in [-0.15, -0.1) is 0 Å². The molecule has 1 rings (SSSR count). The van der Waals surface area contributed by atoms with Crippen molar-refractivity contribution >= 4 is 28.4 Å². The van der Waals surface area contributed by atoms with Crippen LogP contribution in [0.1, 0.15) is 11.1 Å². The molecule has 1 aromatic carbocycles. The first kappa shape index (κ1) is 12.2. The Morgan fingerprint density at radius 1 is 1.53 bits per heavy atom. The van der Waals surface area contributed by atoms with Gasteiger partial charge in [-0.2, -0.15) is 0 Å². The summed E-state index contributed by atoms with van der Waals surface area (Å²) in [5.41, 5.74) is 1.75. The summed E-state index contributed by atoms with van der Waals surface area (Å²) in [6.45, 7) is 1.85. The molecule has 0 bridgehead atoms. The van der Waals surface area contributed by atoms with E-state index < -0.39 is 16.8 Å². The molecule has 0 radical (unpaired) electrons. The van der Waals surface area contributed by atoms with Crippen molar-refractivity contribution in [2.75, 3.05) is 5.75 Å². The Labute approximate surface area is 95.5 Å². The lowest BCUT2D eigenvalue weighted by Crippen LogP contribution is -2.10. The Hall–Kier alpha value is -0.870. The fourth-order valence-electron chi connectivity index (χ4n) is 1.17. The third kappa shape index (κ3) is 4.01. The standard InChI is InChI=1S/C10H11ClO3S/c1-7-4-8(2-3-9(7)11)5-15(14)6-10(12)13/h2-4H,5-6H2,1H3,(H,12,13). The lowest BCUT2D eigenvalue weighted by molar-refractivity contribution is -0.133. The van der Waals surface area contributed by atoms with Crippen molar-refractivity contribution in [1.29, 1.82) is 0 Å². The molecule has 0 aliphatic heterocycles. The number of benzene rings is 1. The maximum absolute atomic E-state index is 11.3. The number of hydrogen-bond acceptors (Lipinski definition) is 2. The molecule has 0 aliphatic carbocycles. The van der Waals surface area contributed by atoms with Gasteiger partial charge in [-0.1, -0.05) is 23.7 Å². The third-order valence-electron chi connectivity index (χ3n) is 1.83. The molecule has 0 heterocycles. The molecule has 0 saturated carbocycles. The molecule has 15 heavy (non-hydrogen) atoms. The number of aliphatic carboxylic acids is 1. The van der Waals surface area contributed by atoms with Gasteiger partial charge in [0.1, 0.15) is 5.75 Å². The first-order valence-corrected chi connectivity index (χ1v) is 6.17. The summed E-state index contributed by atoms with van der Waals surface area (Å²) >= 11 is 5.83. The molecule has 0 aromatic heterocycles. The van der Waals surface area contributed by atoms with Gasteiger partial charge in [0.05, 0.1) is 0 Å². The van der Waals surface area contributed by atoms with Crippen LogP contribution in [0.15, 0.2) is 18.2 Å². The Bertz CT molecular complexity index is 404. The van der Waals surface area contributed by atoms with Gasteiger partial charge in [-0.25, -0.2) is 0 Å². The zero-order chi connectivity index (χ0) is 11.4. The van der Waals surface area contributed by atoms with E-state index in [4.69, 9.17) is 16.7 Å². The number of hydrogen-bond donors (Lipinski definition) is 1. The van der Waals surface area contributed by atoms with Crippen LogP contribution in [0, 0.1) is 6.92 Å². The van der Waals surface area contributed by atoms with E-state index in [0.29, 0.717) is 5.02 Å². The van der Waals surface area contributed by atoms with Crippen molar-refractivity contribution in [3.8, 4) is 0 Å². The maximum Gasteiger partial charge on any atom is 0.316 e. The van der Waals surface area contributed by atoms with Crippen LogP contribution < -0.4 is 0 Å². The van der Waals surface area contributed by atoms with E-state index in [1.165, 1.54) is 0 Å². The lowest BCUT2D eigenvalue weighted by atomic mass is 10.2. The number of rotatable bonds is 4. The van der Waals surface area contributed by atoms with Crippen LogP contribution in [-0.4, -0.2) is 21.0 Å². The van der Waals surface area contributed by atoms with Gasteiger partial charge in [-0.05, 0) is 24.1 Å². The summed E-state index contributed by atoms with van der Waals surface area (Å²) in [5, 5.41) is 9.10. The third-order valence-corrected chi connectivity index (χ3v) is 3.48. The summed E-state index contributed by atoms with van der Waals surface area (Å²) in [5.74, 6) is -1.11. The molecule has 82 valence electrons. The largest absolute Gasteiger partial charge is 0.481 e. The van der Waals surface area contributed by atoms with Crippen molar-refractivity contribution in [3.05, 3.63) is 34.3 Å². The Morgan fingerprint density at radius 2 is 2.20 bits per heavy atom. The molecule has 1 unspecified atom stereocenters. The molecule has 0 aliphatic rings. The Kier molecular flexibility index (Phi) is 4.29. The van der Waals surface area contributed by atoms with Crippen molar-refractivity contribution in [2.45, 2.75) is 12.7 Å². The molecule has 0 amide bonds. The molecule has 1 aromatic rings. The number of aryl methyl sites for hydroxylation is 1. The van der Waals surface area contributed by atoms with E-state index in [0.717, 1.165) is 11.1 Å². The van der Waals surface area contributed by atoms with Crippen LogP contribution in [0.2, 0.25) is 5.02 Å². The average Bonchev–Trinajstić information content (AvgIpc) is 2.10. The SMILES string of the molecule is Cc1cc(CS(=O)CC(=O)O)ccc1Cl. The average molecular weight is 247 g/mol. The van der Waals surface area contributed by atoms with E-state index in [-0.39, 0.29) is 11.5 Å². The van der Waals surface area contributed by atoms with Crippen molar-refractivity contribution in [1.82, 2.24) is 0 Å². The minimum atomic E-state index is -1.36. The molecule has 0 fully saturated rings. The topological polar surface area (TPSA) is 54.4 Å².